The highest BCUT2D eigenvalue weighted by Gasteiger charge is 2.13. The van der Waals surface area contributed by atoms with Gasteiger partial charge < -0.3 is 14.8 Å². The van der Waals surface area contributed by atoms with Gasteiger partial charge in [-0.3, -0.25) is 0 Å². The van der Waals surface area contributed by atoms with Crippen molar-refractivity contribution < 1.29 is 9.47 Å². The van der Waals surface area contributed by atoms with Crippen LogP contribution in [0, 0.1) is 5.92 Å². The number of nitrogens with one attached hydrogen (secondary N) is 1. The summed E-state index contributed by atoms with van der Waals surface area (Å²) in [4.78, 5) is 0. The smallest absolute Gasteiger partial charge is 0.161 e. The van der Waals surface area contributed by atoms with Crippen molar-refractivity contribution in [2.45, 2.75) is 58.9 Å². The zero-order valence-corrected chi connectivity index (χ0v) is 18.0. The van der Waals surface area contributed by atoms with Gasteiger partial charge in [0.2, 0.25) is 0 Å². The summed E-state index contributed by atoms with van der Waals surface area (Å²) in [5, 5.41) is 3.71. The molecule has 1 atom stereocenters. The largest absolute Gasteiger partial charge is 0.493 e. The summed E-state index contributed by atoms with van der Waals surface area (Å²) >= 11 is 0. The topological polar surface area (TPSA) is 30.5 Å². The van der Waals surface area contributed by atoms with Crippen molar-refractivity contribution in [1.29, 1.82) is 0 Å². The molecule has 0 fully saturated rings. The van der Waals surface area contributed by atoms with E-state index in [-0.39, 0.29) is 0 Å². The summed E-state index contributed by atoms with van der Waals surface area (Å²) in [6, 6.07) is 17.3. The van der Waals surface area contributed by atoms with Gasteiger partial charge in [0.15, 0.2) is 11.5 Å². The van der Waals surface area contributed by atoms with E-state index in [0.29, 0.717) is 12.6 Å². The van der Waals surface area contributed by atoms with Gasteiger partial charge in [-0.05, 0) is 61.4 Å². The SMILES string of the molecule is CCCN[C@H](CCC(C)C)Cc1ccc(OC)c(OCCc2ccccc2)c1. The molecule has 0 saturated carbocycles. The normalized spacial score (nSPS) is 12.2. The quantitative estimate of drug-likeness (QED) is 0.484. The minimum Gasteiger partial charge on any atom is -0.493 e. The molecule has 0 unspecified atom stereocenters. The molecule has 1 N–H and O–H groups in total. The van der Waals surface area contributed by atoms with E-state index in [2.05, 4.69) is 62.5 Å². The van der Waals surface area contributed by atoms with Crippen LogP contribution in [-0.2, 0) is 12.8 Å². The van der Waals surface area contributed by atoms with Gasteiger partial charge in [0, 0.05) is 12.5 Å². The van der Waals surface area contributed by atoms with Crippen molar-refractivity contribution in [2.75, 3.05) is 20.3 Å². The standard InChI is InChI=1S/C25H37NO2/c1-5-16-26-23(13-11-20(2)3)18-22-12-14-24(27-4)25(19-22)28-17-15-21-9-7-6-8-10-21/h6-10,12,14,19-20,23,26H,5,11,13,15-18H2,1-4H3/t23-/m1/s1. The predicted octanol–water partition coefficient (Wildman–Crippen LogP) is 5.66. The third-order valence-electron chi connectivity index (χ3n) is 4.98. The Balaban J connectivity index is 2.00. The van der Waals surface area contributed by atoms with E-state index in [4.69, 9.17) is 9.47 Å². The maximum Gasteiger partial charge on any atom is 0.161 e. The van der Waals surface area contributed by atoms with Gasteiger partial charge in [0.05, 0.1) is 13.7 Å². The van der Waals surface area contributed by atoms with E-state index in [1.165, 1.54) is 24.0 Å². The van der Waals surface area contributed by atoms with Gasteiger partial charge in [-0.1, -0.05) is 57.2 Å². The van der Waals surface area contributed by atoms with Crippen LogP contribution in [0.2, 0.25) is 0 Å². The first-order chi connectivity index (χ1) is 13.6. The lowest BCUT2D eigenvalue weighted by atomic mass is 9.97. The second kappa shape index (κ2) is 12.5. The molecule has 0 amide bonds. The van der Waals surface area contributed by atoms with Crippen molar-refractivity contribution in [3.63, 3.8) is 0 Å². The lowest BCUT2D eigenvalue weighted by Crippen LogP contribution is -2.32. The molecule has 3 nitrogen and oxygen atoms in total. The van der Waals surface area contributed by atoms with Gasteiger partial charge in [-0.2, -0.15) is 0 Å². The molecule has 28 heavy (non-hydrogen) atoms. The van der Waals surface area contributed by atoms with E-state index in [9.17, 15) is 0 Å². The van der Waals surface area contributed by atoms with Crippen molar-refractivity contribution in [2.24, 2.45) is 5.92 Å². The zero-order valence-electron chi connectivity index (χ0n) is 18.0. The van der Waals surface area contributed by atoms with E-state index in [1.807, 2.05) is 12.1 Å². The molecule has 2 rings (SSSR count). The zero-order chi connectivity index (χ0) is 20.2. The summed E-state index contributed by atoms with van der Waals surface area (Å²) in [5.74, 6) is 2.38. The van der Waals surface area contributed by atoms with Crippen molar-refractivity contribution in [3.8, 4) is 11.5 Å². The maximum atomic E-state index is 6.09. The average Bonchev–Trinajstić information content (AvgIpc) is 2.71. The van der Waals surface area contributed by atoms with Crippen LogP contribution in [-0.4, -0.2) is 26.3 Å². The number of ether oxygens (including phenoxy) is 2. The van der Waals surface area contributed by atoms with Gasteiger partial charge in [-0.25, -0.2) is 0 Å². The van der Waals surface area contributed by atoms with E-state index in [1.54, 1.807) is 7.11 Å². The van der Waals surface area contributed by atoms with Crippen molar-refractivity contribution >= 4 is 0 Å². The molecule has 154 valence electrons. The highest BCUT2D eigenvalue weighted by atomic mass is 16.5. The number of rotatable bonds is 13. The number of hydrogen-bond donors (Lipinski definition) is 1. The van der Waals surface area contributed by atoms with E-state index in [0.717, 1.165) is 43.2 Å². The average molecular weight is 384 g/mol. The van der Waals surface area contributed by atoms with Crippen LogP contribution in [0.25, 0.3) is 0 Å². The Labute approximate surface area is 171 Å². The van der Waals surface area contributed by atoms with E-state index < -0.39 is 0 Å². The minimum atomic E-state index is 0.507. The first-order valence-electron chi connectivity index (χ1n) is 10.7. The molecule has 2 aromatic rings. The molecule has 0 spiro atoms. The highest BCUT2D eigenvalue weighted by molar-refractivity contribution is 5.43. The Kier molecular flexibility index (Phi) is 9.92. The molecular weight excluding hydrogens is 346 g/mol. The molecule has 0 saturated heterocycles. The molecule has 0 aliphatic carbocycles. The summed E-state index contributed by atoms with van der Waals surface area (Å²) in [6.07, 6.45) is 5.52. The fourth-order valence-electron chi connectivity index (χ4n) is 3.33. The Morgan fingerprint density at radius 2 is 1.71 bits per heavy atom. The number of methoxy groups -OCH3 is 1. The molecule has 0 aliphatic rings. The molecular formula is C25H37NO2. The maximum absolute atomic E-state index is 6.09. The second-order valence-corrected chi connectivity index (χ2v) is 7.90. The van der Waals surface area contributed by atoms with Crippen LogP contribution in [0.5, 0.6) is 11.5 Å². The van der Waals surface area contributed by atoms with Crippen LogP contribution in [0.1, 0.15) is 51.2 Å². The van der Waals surface area contributed by atoms with Gasteiger partial charge >= 0.3 is 0 Å². The molecule has 0 aliphatic heterocycles. The lowest BCUT2D eigenvalue weighted by Gasteiger charge is -2.20. The molecule has 3 heteroatoms. The fraction of sp³-hybridized carbons (Fsp3) is 0.520. The third kappa shape index (κ3) is 7.93. The first kappa shape index (κ1) is 22.3. The van der Waals surface area contributed by atoms with Crippen LogP contribution in [0.3, 0.4) is 0 Å². The number of benzene rings is 2. The van der Waals surface area contributed by atoms with Crippen LogP contribution in [0.15, 0.2) is 48.5 Å². The summed E-state index contributed by atoms with van der Waals surface area (Å²) in [6.45, 7) is 8.53. The fourth-order valence-corrected chi connectivity index (χ4v) is 3.33. The van der Waals surface area contributed by atoms with Gasteiger partial charge in [0.25, 0.3) is 0 Å². The first-order valence-corrected chi connectivity index (χ1v) is 10.7. The van der Waals surface area contributed by atoms with E-state index >= 15 is 0 Å². The van der Waals surface area contributed by atoms with Crippen LogP contribution in [0.4, 0.5) is 0 Å². The molecule has 2 aromatic carbocycles. The Bertz CT molecular complexity index is 670. The summed E-state index contributed by atoms with van der Waals surface area (Å²) in [5.41, 5.74) is 2.59. The van der Waals surface area contributed by atoms with Gasteiger partial charge in [-0.15, -0.1) is 0 Å². The minimum absolute atomic E-state index is 0.507. The highest BCUT2D eigenvalue weighted by Crippen LogP contribution is 2.29. The predicted molar refractivity (Wildman–Crippen MR) is 118 cm³/mol. The third-order valence-corrected chi connectivity index (χ3v) is 4.98. The van der Waals surface area contributed by atoms with Crippen LogP contribution < -0.4 is 14.8 Å². The molecule has 0 bridgehead atoms. The van der Waals surface area contributed by atoms with Crippen molar-refractivity contribution in [1.82, 2.24) is 5.32 Å². The Morgan fingerprint density at radius 1 is 0.929 bits per heavy atom. The Morgan fingerprint density at radius 3 is 2.39 bits per heavy atom. The van der Waals surface area contributed by atoms with Crippen molar-refractivity contribution in [3.05, 3.63) is 59.7 Å². The van der Waals surface area contributed by atoms with Gasteiger partial charge in [0.1, 0.15) is 0 Å². The molecule has 0 radical (unpaired) electrons. The second-order valence-electron chi connectivity index (χ2n) is 7.90. The van der Waals surface area contributed by atoms with Crippen LogP contribution >= 0.6 is 0 Å². The lowest BCUT2D eigenvalue weighted by molar-refractivity contribution is 0.297. The number of hydrogen-bond acceptors (Lipinski definition) is 3. The monoisotopic (exact) mass is 383 g/mol. The molecule has 0 aromatic heterocycles. The molecule has 0 heterocycles. The summed E-state index contributed by atoms with van der Waals surface area (Å²) < 4.78 is 11.6. The Hall–Kier alpha value is -2.00. The summed E-state index contributed by atoms with van der Waals surface area (Å²) in [7, 11) is 1.70.